The van der Waals surface area contributed by atoms with E-state index in [1.54, 1.807) is 0 Å². The van der Waals surface area contributed by atoms with Crippen LogP contribution in [0.2, 0.25) is 0 Å². The van der Waals surface area contributed by atoms with Gasteiger partial charge in [-0.1, -0.05) is 0 Å². The molecule has 0 aliphatic carbocycles. The van der Waals surface area contributed by atoms with Crippen LogP contribution >= 0.6 is 0 Å². The highest BCUT2D eigenvalue weighted by Gasteiger charge is 2.32. The number of nitrogen functional groups attached to an aromatic ring is 1. The van der Waals surface area contributed by atoms with Crippen molar-refractivity contribution in [2.24, 2.45) is 0 Å². The third-order valence-electron chi connectivity index (χ3n) is 3.82. The summed E-state index contributed by atoms with van der Waals surface area (Å²) >= 11 is 0. The van der Waals surface area contributed by atoms with E-state index >= 15 is 0 Å². The predicted molar refractivity (Wildman–Crippen MR) is 92.4 cm³/mol. The van der Waals surface area contributed by atoms with Crippen molar-refractivity contribution in [1.29, 1.82) is 0 Å². The Morgan fingerprint density at radius 1 is 1.19 bits per heavy atom. The van der Waals surface area contributed by atoms with Gasteiger partial charge in [-0.3, -0.25) is 29.1 Å². The lowest BCUT2D eigenvalue weighted by Crippen LogP contribution is -2.37. The maximum atomic E-state index is 12.4. The molecule has 11 heteroatoms. The first kappa shape index (κ1) is 17.4. The predicted octanol–water partition coefficient (Wildman–Crippen LogP) is -2.06. The molecule has 3 amide bonds. The minimum atomic E-state index is -1.99. The maximum absolute atomic E-state index is 12.4. The standard InChI is InChI=1S/C15H13BN4O6/c1-6(21)18-7-2-3-10(9(4-7)16(25)26)20-11(22)5-8-12(13(20)17)15(24)19-14(8)23/h2-5,25-26H,17H2,1H3,(H,18,21)(H,19,23,24). The van der Waals surface area contributed by atoms with Gasteiger partial charge >= 0.3 is 7.12 Å². The molecule has 0 spiro atoms. The molecule has 1 aromatic heterocycles. The Morgan fingerprint density at radius 3 is 2.50 bits per heavy atom. The lowest BCUT2D eigenvalue weighted by molar-refractivity contribution is -0.114. The van der Waals surface area contributed by atoms with Gasteiger partial charge in [-0.2, -0.15) is 0 Å². The number of imide groups is 1. The fraction of sp³-hybridized carbons (Fsp3) is 0.0667. The van der Waals surface area contributed by atoms with Crippen molar-refractivity contribution in [3.63, 3.8) is 0 Å². The lowest BCUT2D eigenvalue weighted by Gasteiger charge is -2.16. The second kappa shape index (κ2) is 6.13. The third kappa shape index (κ3) is 2.74. The van der Waals surface area contributed by atoms with E-state index in [-0.39, 0.29) is 39.7 Å². The molecule has 0 bridgehead atoms. The van der Waals surface area contributed by atoms with Crippen LogP contribution in [-0.4, -0.2) is 39.5 Å². The zero-order valence-electron chi connectivity index (χ0n) is 13.4. The molecule has 3 rings (SSSR count). The number of carbonyl (C=O) groups excluding carboxylic acids is 3. The number of hydrogen-bond acceptors (Lipinski definition) is 7. The Labute approximate surface area is 146 Å². The topological polar surface area (TPSA) is 164 Å². The number of aromatic nitrogens is 1. The van der Waals surface area contributed by atoms with Crippen molar-refractivity contribution in [1.82, 2.24) is 9.88 Å². The summed E-state index contributed by atoms with van der Waals surface area (Å²) in [6, 6.07) is 4.96. The van der Waals surface area contributed by atoms with E-state index in [1.807, 2.05) is 5.32 Å². The zero-order valence-corrected chi connectivity index (χ0v) is 13.4. The number of fused-ring (bicyclic) bond motifs is 1. The Kier molecular flexibility index (Phi) is 4.10. The molecule has 0 fully saturated rings. The van der Waals surface area contributed by atoms with Crippen LogP contribution in [0.5, 0.6) is 0 Å². The summed E-state index contributed by atoms with van der Waals surface area (Å²) in [7, 11) is -1.99. The number of rotatable bonds is 3. The van der Waals surface area contributed by atoms with Crippen LogP contribution in [0.15, 0.2) is 29.1 Å². The van der Waals surface area contributed by atoms with Gasteiger partial charge in [0.1, 0.15) is 5.82 Å². The molecule has 0 saturated heterocycles. The number of hydrogen-bond donors (Lipinski definition) is 5. The first-order valence-corrected chi connectivity index (χ1v) is 7.40. The lowest BCUT2D eigenvalue weighted by atomic mass is 9.78. The molecule has 1 aliphatic rings. The molecule has 0 unspecified atom stereocenters. The molecular weight excluding hydrogens is 343 g/mol. The monoisotopic (exact) mass is 356 g/mol. The number of amides is 3. The van der Waals surface area contributed by atoms with E-state index in [4.69, 9.17) is 5.73 Å². The SMILES string of the molecule is CC(=O)Nc1ccc(-n2c(N)c3c(cc2=O)C(=O)NC3=O)c(B(O)O)c1. The zero-order chi connectivity index (χ0) is 19.2. The molecular formula is C15H13BN4O6. The highest BCUT2D eigenvalue weighted by Crippen LogP contribution is 2.23. The molecule has 0 radical (unpaired) electrons. The fourth-order valence-corrected chi connectivity index (χ4v) is 2.77. The van der Waals surface area contributed by atoms with Gasteiger partial charge in [0.25, 0.3) is 17.4 Å². The molecule has 0 atom stereocenters. The van der Waals surface area contributed by atoms with Crippen LogP contribution in [0.4, 0.5) is 11.5 Å². The third-order valence-corrected chi connectivity index (χ3v) is 3.82. The average Bonchev–Trinajstić information content (AvgIpc) is 2.82. The highest BCUT2D eigenvalue weighted by atomic mass is 16.4. The van der Waals surface area contributed by atoms with Gasteiger partial charge in [0.15, 0.2) is 0 Å². The van der Waals surface area contributed by atoms with E-state index in [0.29, 0.717) is 0 Å². The Hall–Kier alpha value is -3.44. The van der Waals surface area contributed by atoms with Gasteiger partial charge < -0.3 is 21.1 Å². The second-order valence-electron chi connectivity index (χ2n) is 5.60. The first-order valence-electron chi connectivity index (χ1n) is 7.40. The first-order chi connectivity index (χ1) is 12.2. The number of carbonyl (C=O) groups is 3. The van der Waals surface area contributed by atoms with E-state index in [9.17, 15) is 29.2 Å². The van der Waals surface area contributed by atoms with Crippen molar-refractivity contribution < 1.29 is 24.4 Å². The molecule has 132 valence electrons. The molecule has 1 aliphatic heterocycles. The van der Waals surface area contributed by atoms with Crippen LogP contribution < -0.4 is 27.4 Å². The van der Waals surface area contributed by atoms with E-state index in [2.05, 4.69) is 5.32 Å². The van der Waals surface area contributed by atoms with Gasteiger partial charge in [0.05, 0.1) is 16.8 Å². The van der Waals surface area contributed by atoms with Crippen molar-refractivity contribution in [2.45, 2.75) is 6.92 Å². The van der Waals surface area contributed by atoms with Gasteiger partial charge in [-0.15, -0.1) is 0 Å². The maximum Gasteiger partial charge on any atom is 0.490 e. The van der Waals surface area contributed by atoms with Crippen molar-refractivity contribution in [3.05, 3.63) is 45.7 Å². The molecule has 10 nitrogen and oxygen atoms in total. The summed E-state index contributed by atoms with van der Waals surface area (Å²) in [6.07, 6.45) is 0. The highest BCUT2D eigenvalue weighted by molar-refractivity contribution is 6.60. The number of pyridine rings is 1. The van der Waals surface area contributed by atoms with E-state index in [1.165, 1.54) is 25.1 Å². The molecule has 2 heterocycles. The van der Waals surface area contributed by atoms with Crippen LogP contribution in [-0.2, 0) is 4.79 Å². The van der Waals surface area contributed by atoms with Crippen LogP contribution in [0.1, 0.15) is 27.6 Å². The number of nitrogens with zero attached hydrogens (tertiary/aromatic N) is 1. The van der Waals surface area contributed by atoms with Crippen LogP contribution in [0.3, 0.4) is 0 Å². The molecule has 2 aromatic rings. The molecule has 0 saturated carbocycles. The Morgan fingerprint density at radius 2 is 1.88 bits per heavy atom. The molecule has 6 N–H and O–H groups in total. The number of nitrogens with one attached hydrogen (secondary N) is 2. The quantitative estimate of drug-likeness (QED) is 0.312. The van der Waals surface area contributed by atoms with Gasteiger partial charge in [-0.05, 0) is 18.2 Å². The van der Waals surface area contributed by atoms with Crippen LogP contribution in [0, 0.1) is 0 Å². The number of benzene rings is 1. The summed E-state index contributed by atoms with van der Waals surface area (Å²) < 4.78 is 0.892. The Balaban J connectivity index is 2.26. The van der Waals surface area contributed by atoms with Crippen LogP contribution in [0.25, 0.3) is 5.69 Å². The molecule has 1 aromatic carbocycles. The van der Waals surface area contributed by atoms with E-state index < -0.39 is 24.5 Å². The fourth-order valence-electron chi connectivity index (χ4n) is 2.77. The summed E-state index contributed by atoms with van der Waals surface area (Å²) in [4.78, 5) is 47.2. The van der Waals surface area contributed by atoms with Gasteiger partial charge in [0.2, 0.25) is 5.91 Å². The normalized spacial score (nSPS) is 12.6. The minimum absolute atomic E-state index is 0.00782. The van der Waals surface area contributed by atoms with E-state index in [0.717, 1.165) is 10.6 Å². The smallest absolute Gasteiger partial charge is 0.423 e. The summed E-state index contributed by atoms with van der Waals surface area (Å²) in [6.45, 7) is 1.28. The van der Waals surface area contributed by atoms with Crippen molar-refractivity contribution in [3.8, 4) is 5.69 Å². The van der Waals surface area contributed by atoms with Gasteiger partial charge in [-0.25, -0.2) is 0 Å². The van der Waals surface area contributed by atoms with Crippen molar-refractivity contribution in [2.75, 3.05) is 11.1 Å². The summed E-state index contributed by atoms with van der Waals surface area (Å²) in [5.41, 5.74) is 5.01. The van der Waals surface area contributed by atoms with Gasteiger partial charge in [0, 0.05) is 24.1 Å². The number of nitrogens with two attached hydrogens (primary N) is 1. The average molecular weight is 356 g/mol. The summed E-state index contributed by atoms with van der Waals surface area (Å²) in [5, 5.41) is 23.8. The Bertz CT molecular complexity index is 1030. The second-order valence-corrected chi connectivity index (χ2v) is 5.60. The minimum Gasteiger partial charge on any atom is -0.423 e. The number of anilines is 2. The molecule has 26 heavy (non-hydrogen) atoms. The largest absolute Gasteiger partial charge is 0.490 e. The summed E-state index contributed by atoms with van der Waals surface area (Å²) in [5.74, 6) is -2.17. The van der Waals surface area contributed by atoms with Crippen molar-refractivity contribution >= 4 is 41.8 Å².